The Labute approximate surface area is 120 Å². The molecule has 0 unspecified atom stereocenters. The molecule has 2 N–H and O–H groups in total. The summed E-state index contributed by atoms with van der Waals surface area (Å²) in [5.74, 6) is -0.00617. The van der Waals surface area contributed by atoms with Gasteiger partial charge in [0, 0.05) is 13.1 Å². The van der Waals surface area contributed by atoms with Gasteiger partial charge in [-0.25, -0.2) is 4.79 Å². The first kappa shape index (κ1) is 15.1. The van der Waals surface area contributed by atoms with Gasteiger partial charge in [0.2, 0.25) is 0 Å². The van der Waals surface area contributed by atoms with Gasteiger partial charge in [-0.3, -0.25) is 4.79 Å². The van der Waals surface area contributed by atoms with Crippen molar-refractivity contribution in [1.29, 1.82) is 0 Å². The third-order valence-corrected chi connectivity index (χ3v) is 5.57. The lowest BCUT2D eigenvalue weighted by molar-refractivity contribution is -0.137. The fraction of sp³-hybridized carbons (Fsp3) is 0.867. The van der Waals surface area contributed by atoms with Crippen LogP contribution >= 0.6 is 0 Å². The summed E-state index contributed by atoms with van der Waals surface area (Å²) in [5, 5.41) is 11.8. The Hall–Kier alpha value is -1.26. The van der Waals surface area contributed by atoms with Gasteiger partial charge in [-0.2, -0.15) is 0 Å². The van der Waals surface area contributed by atoms with Crippen LogP contribution in [0.2, 0.25) is 0 Å². The van der Waals surface area contributed by atoms with Gasteiger partial charge in [0.15, 0.2) is 0 Å². The van der Waals surface area contributed by atoms with Crippen LogP contribution in [0.5, 0.6) is 0 Å². The van der Waals surface area contributed by atoms with Crippen molar-refractivity contribution in [3.63, 3.8) is 0 Å². The molecule has 0 radical (unpaired) electrons. The van der Waals surface area contributed by atoms with Gasteiger partial charge >= 0.3 is 12.0 Å². The van der Waals surface area contributed by atoms with Gasteiger partial charge in [-0.1, -0.05) is 27.7 Å². The highest BCUT2D eigenvalue weighted by Gasteiger charge is 2.64. The molecule has 20 heavy (non-hydrogen) atoms. The molecule has 0 atom stereocenters. The van der Waals surface area contributed by atoms with Gasteiger partial charge in [-0.15, -0.1) is 0 Å². The summed E-state index contributed by atoms with van der Waals surface area (Å²) >= 11 is 0. The van der Waals surface area contributed by atoms with E-state index in [0.717, 1.165) is 12.8 Å². The minimum Gasteiger partial charge on any atom is -0.480 e. The van der Waals surface area contributed by atoms with E-state index in [0.29, 0.717) is 24.9 Å². The Morgan fingerprint density at radius 3 is 2.15 bits per heavy atom. The van der Waals surface area contributed by atoms with Crippen LogP contribution in [0.3, 0.4) is 0 Å². The molecule has 2 rings (SSSR count). The molecular formula is C15H26N2O3. The van der Waals surface area contributed by atoms with E-state index in [1.54, 1.807) is 0 Å². The van der Waals surface area contributed by atoms with E-state index < -0.39 is 5.97 Å². The van der Waals surface area contributed by atoms with Crippen LogP contribution in [-0.4, -0.2) is 41.6 Å². The van der Waals surface area contributed by atoms with Crippen molar-refractivity contribution in [3.05, 3.63) is 0 Å². The van der Waals surface area contributed by atoms with Crippen LogP contribution in [0.1, 0.15) is 40.5 Å². The monoisotopic (exact) mass is 282 g/mol. The molecule has 0 spiro atoms. The zero-order valence-corrected chi connectivity index (χ0v) is 12.9. The first-order valence-corrected chi connectivity index (χ1v) is 7.41. The van der Waals surface area contributed by atoms with Crippen LogP contribution in [0.15, 0.2) is 0 Å². The normalized spacial score (nSPS) is 23.2. The lowest BCUT2D eigenvalue weighted by atomic mass is 10.0. The predicted molar refractivity (Wildman–Crippen MR) is 76.4 cm³/mol. The van der Waals surface area contributed by atoms with Crippen LogP contribution in [0.25, 0.3) is 0 Å². The number of hydrogen-bond acceptors (Lipinski definition) is 2. The zero-order valence-electron chi connectivity index (χ0n) is 12.9. The van der Waals surface area contributed by atoms with Crippen molar-refractivity contribution in [3.8, 4) is 0 Å². The third kappa shape index (κ3) is 2.91. The molecule has 2 amide bonds. The minimum atomic E-state index is -0.951. The Kier molecular flexibility index (Phi) is 3.73. The highest BCUT2D eigenvalue weighted by atomic mass is 16.4. The van der Waals surface area contributed by atoms with Crippen molar-refractivity contribution in [2.24, 2.45) is 22.7 Å². The lowest BCUT2D eigenvalue weighted by Gasteiger charge is -2.21. The number of amides is 2. The third-order valence-electron chi connectivity index (χ3n) is 5.57. The van der Waals surface area contributed by atoms with E-state index in [1.807, 2.05) is 0 Å². The first-order chi connectivity index (χ1) is 9.16. The molecule has 2 aliphatic rings. The Morgan fingerprint density at radius 1 is 1.20 bits per heavy atom. The van der Waals surface area contributed by atoms with E-state index in [-0.39, 0.29) is 23.4 Å². The number of nitrogens with zero attached hydrogens (tertiary/aromatic N) is 1. The summed E-state index contributed by atoms with van der Waals surface area (Å²) in [7, 11) is 0. The van der Waals surface area contributed by atoms with Gasteiger partial charge in [0.25, 0.3) is 0 Å². The van der Waals surface area contributed by atoms with E-state index in [2.05, 4.69) is 33.0 Å². The highest BCUT2D eigenvalue weighted by molar-refractivity contribution is 5.80. The number of carboxylic acid groups (broad SMARTS) is 1. The number of carboxylic acids is 1. The second-order valence-corrected chi connectivity index (χ2v) is 7.40. The molecule has 5 heteroatoms. The van der Waals surface area contributed by atoms with Crippen molar-refractivity contribution in [2.45, 2.75) is 40.5 Å². The fourth-order valence-corrected chi connectivity index (χ4v) is 3.14. The molecule has 2 fully saturated rings. The standard InChI is InChI=1S/C15H26N2O3/c1-14(2)11(15(14,3)4)7-16-13(20)17(9-12(18)19)8-10-5-6-10/h10-11H,5-9H2,1-4H3,(H,16,20)(H,18,19). The van der Waals surface area contributed by atoms with Crippen molar-refractivity contribution < 1.29 is 14.7 Å². The number of hydrogen-bond donors (Lipinski definition) is 2. The molecule has 0 bridgehead atoms. The Balaban J connectivity index is 1.84. The van der Waals surface area contributed by atoms with E-state index in [9.17, 15) is 9.59 Å². The summed E-state index contributed by atoms with van der Waals surface area (Å²) in [5.41, 5.74) is 0.461. The maximum absolute atomic E-state index is 12.1. The molecular weight excluding hydrogens is 256 g/mol. The summed E-state index contributed by atoms with van der Waals surface area (Å²) in [6.45, 7) is 9.83. The van der Waals surface area contributed by atoms with Crippen molar-refractivity contribution in [1.82, 2.24) is 10.2 Å². The molecule has 0 aromatic carbocycles. The summed E-state index contributed by atoms with van der Waals surface area (Å²) in [6.07, 6.45) is 2.21. The second kappa shape index (κ2) is 4.93. The van der Waals surface area contributed by atoms with Gasteiger partial charge in [0.05, 0.1) is 0 Å². The van der Waals surface area contributed by atoms with E-state index >= 15 is 0 Å². The molecule has 0 heterocycles. The Morgan fingerprint density at radius 2 is 1.75 bits per heavy atom. The maximum atomic E-state index is 12.1. The smallest absolute Gasteiger partial charge is 0.323 e. The maximum Gasteiger partial charge on any atom is 0.323 e. The number of nitrogens with one attached hydrogen (secondary N) is 1. The molecule has 114 valence electrons. The molecule has 2 saturated carbocycles. The Bertz CT molecular complexity index is 399. The quantitative estimate of drug-likeness (QED) is 0.784. The van der Waals surface area contributed by atoms with Crippen LogP contribution in [0, 0.1) is 22.7 Å². The minimum absolute atomic E-state index is 0.209. The number of carbonyl (C=O) groups is 2. The molecule has 0 aromatic rings. The molecule has 2 aliphatic carbocycles. The number of rotatable bonds is 6. The summed E-state index contributed by atoms with van der Waals surface area (Å²) in [4.78, 5) is 24.4. The average molecular weight is 282 g/mol. The number of carbonyl (C=O) groups excluding carboxylic acids is 1. The summed E-state index contributed by atoms with van der Waals surface area (Å²) < 4.78 is 0. The highest BCUT2D eigenvalue weighted by Crippen LogP contribution is 2.67. The average Bonchev–Trinajstić information content (AvgIpc) is 3.16. The van der Waals surface area contributed by atoms with E-state index in [1.165, 1.54) is 4.90 Å². The zero-order chi connectivity index (χ0) is 15.1. The van der Waals surface area contributed by atoms with Crippen molar-refractivity contribution >= 4 is 12.0 Å². The topological polar surface area (TPSA) is 69.6 Å². The number of urea groups is 1. The molecule has 0 aliphatic heterocycles. The van der Waals surface area contributed by atoms with Crippen LogP contribution in [-0.2, 0) is 4.79 Å². The van der Waals surface area contributed by atoms with Crippen LogP contribution < -0.4 is 5.32 Å². The molecule has 5 nitrogen and oxygen atoms in total. The molecule has 0 saturated heterocycles. The van der Waals surface area contributed by atoms with Gasteiger partial charge < -0.3 is 15.3 Å². The predicted octanol–water partition coefficient (Wildman–Crippen LogP) is 2.17. The second-order valence-electron chi connectivity index (χ2n) is 7.40. The number of aliphatic carboxylic acids is 1. The first-order valence-electron chi connectivity index (χ1n) is 7.41. The lowest BCUT2D eigenvalue weighted by Crippen LogP contribution is -2.44. The molecule has 0 aromatic heterocycles. The van der Waals surface area contributed by atoms with E-state index in [4.69, 9.17) is 5.11 Å². The largest absolute Gasteiger partial charge is 0.480 e. The van der Waals surface area contributed by atoms with Gasteiger partial charge in [-0.05, 0) is 35.5 Å². The van der Waals surface area contributed by atoms with Crippen molar-refractivity contribution in [2.75, 3.05) is 19.6 Å². The summed E-state index contributed by atoms with van der Waals surface area (Å²) in [6, 6.07) is -0.238. The van der Waals surface area contributed by atoms with Gasteiger partial charge in [0.1, 0.15) is 6.54 Å². The van der Waals surface area contributed by atoms with Crippen LogP contribution in [0.4, 0.5) is 4.79 Å². The SMILES string of the molecule is CC1(C)C(CNC(=O)N(CC(=O)O)CC2CC2)C1(C)C. The fourth-order valence-electron chi connectivity index (χ4n) is 3.14.